The van der Waals surface area contributed by atoms with E-state index in [1.54, 1.807) is 0 Å². The van der Waals surface area contributed by atoms with Crippen LogP contribution in [0.25, 0.3) is 53.2 Å². The molecule has 0 atom stereocenters. The first-order valence-corrected chi connectivity index (χ1v) is 20.1. The molecule has 0 unspecified atom stereocenters. The van der Waals surface area contributed by atoms with Crippen LogP contribution in [0.3, 0.4) is 0 Å². The van der Waals surface area contributed by atoms with Gasteiger partial charge < -0.3 is 9.32 Å². The van der Waals surface area contributed by atoms with Gasteiger partial charge in [0.1, 0.15) is 5.58 Å². The molecule has 1 aliphatic heterocycles. The third kappa shape index (κ3) is 4.02. The zero-order valence-electron chi connectivity index (χ0n) is 29.3. The highest BCUT2D eigenvalue weighted by molar-refractivity contribution is 7.99. The van der Waals surface area contributed by atoms with Crippen LogP contribution in [0, 0.1) is 6.92 Å². The van der Waals surface area contributed by atoms with Gasteiger partial charge in [0, 0.05) is 52.1 Å². The van der Waals surface area contributed by atoms with E-state index in [9.17, 15) is 0 Å². The summed E-state index contributed by atoms with van der Waals surface area (Å²) in [4.78, 5) is 4.97. The van der Waals surface area contributed by atoms with Gasteiger partial charge in [-0.15, -0.1) is 11.3 Å². The molecule has 1 spiro atoms. The minimum Gasteiger partial charge on any atom is -0.454 e. The third-order valence-corrected chi connectivity index (χ3v) is 13.9. The van der Waals surface area contributed by atoms with Crippen molar-refractivity contribution in [3.63, 3.8) is 0 Å². The van der Waals surface area contributed by atoms with Crippen LogP contribution < -0.4 is 4.90 Å². The van der Waals surface area contributed by atoms with Gasteiger partial charge in [-0.3, -0.25) is 0 Å². The quantitative estimate of drug-likeness (QED) is 0.180. The molecule has 0 N–H and O–H groups in total. The molecule has 8 aromatic carbocycles. The number of para-hydroxylation sites is 3. The van der Waals surface area contributed by atoms with E-state index in [0.29, 0.717) is 0 Å². The maximum absolute atomic E-state index is 6.68. The number of nitrogens with zero attached hydrogens (tertiary/aromatic N) is 1. The van der Waals surface area contributed by atoms with Crippen LogP contribution in [0.15, 0.2) is 184 Å². The standard InChI is InChI=1S/C50H31NOS2/c1-30-13-2-9-21-42(30)51(43-22-12-18-36-34-16-5-10-23-44(34)52-49(36)43)31-25-26-40-47(27-31)54-48-28-37-35-17-6-11-24-45(35)53-46(37)29-41(48)50(40)38-19-7-3-14-32(38)33-15-4-8-20-39(33)50/h2-29H,1H3. The lowest BCUT2D eigenvalue weighted by atomic mass is 9.67. The van der Waals surface area contributed by atoms with E-state index in [2.05, 4.69) is 176 Å². The predicted octanol–water partition coefficient (Wildman–Crippen LogP) is 14.6. The first-order chi connectivity index (χ1) is 26.7. The van der Waals surface area contributed by atoms with Crippen LogP contribution in [0.1, 0.15) is 27.8 Å². The second kappa shape index (κ2) is 11.2. The van der Waals surface area contributed by atoms with Crippen molar-refractivity contribution in [2.45, 2.75) is 22.1 Å². The van der Waals surface area contributed by atoms with Gasteiger partial charge >= 0.3 is 0 Å². The van der Waals surface area contributed by atoms with Crippen molar-refractivity contribution in [1.82, 2.24) is 0 Å². The number of aryl methyl sites for hydroxylation is 1. The fourth-order valence-electron chi connectivity index (χ4n) is 9.38. The van der Waals surface area contributed by atoms with E-state index in [1.165, 1.54) is 68.9 Å². The molecular weight excluding hydrogens is 695 g/mol. The monoisotopic (exact) mass is 725 g/mol. The van der Waals surface area contributed by atoms with Crippen LogP contribution in [0.5, 0.6) is 0 Å². The van der Waals surface area contributed by atoms with Gasteiger partial charge in [0.05, 0.1) is 11.1 Å². The number of anilines is 3. The Hall–Kier alpha value is -6.07. The molecule has 54 heavy (non-hydrogen) atoms. The molecular formula is C50H31NOS2. The first-order valence-electron chi connectivity index (χ1n) is 18.4. The van der Waals surface area contributed by atoms with Crippen LogP contribution in [-0.4, -0.2) is 0 Å². The van der Waals surface area contributed by atoms with Crippen molar-refractivity contribution in [3.8, 4) is 11.1 Å². The minimum atomic E-state index is -0.460. The topological polar surface area (TPSA) is 16.4 Å². The van der Waals surface area contributed by atoms with E-state index < -0.39 is 5.41 Å². The maximum Gasteiger partial charge on any atom is 0.159 e. The van der Waals surface area contributed by atoms with Crippen molar-refractivity contribution in [2.24, 2.45) is 0 Å². The summed E-state index contributed by atoms with van der Waals surface area (Å²) in [7, 11) is 0. The number of benzene rings is 8. The lowest BCUT2D eigenvalue weighted by molar-refractivity contribution is 0.669. The Morgan fingerprint density at radius 3 is 1.98 bits per heavy atom. The van der Waals surface area contributed by atoms with Crippen molar-refractivity contribution < 1.29 is 4.42 Å². The maximum atomic E-state index is 6.68. The average molecular weight is 726 g/mol. The molecule has 12 rings (SSSR count). The molecule has 0 radical (unpaired) electrons. The highest BCUT2D eigenvalue weighted by Gasteiger charge is 2.50. The number of rotatable bonds is 3. The largest absolute Gasteiger partial charge is 0.454 e. The van der Waals surface area contributed by atoms with Crippen LogP contribution in [0.4, 0.5) is 17.1 Å². The van der Waals surface area contributed by atoms with Gasteiger partial charge in [0.25, 0.3) is 0 Å². The summed E-state index contributed by atoms with van der Waals surface area (Å²) in [5.41, 5.74) is 13.8. The predicted molar refractivity (Wildman–Crippen MR) is 227 cm³/mol. The summed E-state index contributed by atoms with van der Waals surface area (Å²) in [5, 5.41) is 4.90. The average Bonchev–Trinajstić information content (AvgIpc) is 3.87. The Labute approximate surface area is 320 Å². The Morgan fingerprint density at radius 2 is 1.15 bits per heavy atom. The molecule has 4 heteroatoms. The lowest BCUT2D eigenvalue weighted by Gasteiger charge is -2.40. The number of hydrogen-bond donors (Lipinski definition) is 0. The van der Waals surface area contributed by atoms with Crippen LogP contribution >= 0.6 is 23.1 Å². The van der Waals surface area contributed by atoms with Crippen molar-refractivity contribution >= 4 is 82.3 Å². The minimum absolute atomic E-state index is 0.460. The first kappa shape index (κ1) is 30.4. The summed E-state index contributed by atoms with van der Waals surface area (Å²) in [6, 6.07) is 62.7. The van der Waals surface area contributed by atoms with Gasteiger partial charge in [0.15, 0.2) is 5.58 Å². The number of fused-ring (bicyclic) bond motifs is 15. The Morgan fingerprint density at radius 1 is 0.481 bits per heavy atom. The van der Waals surface area contributed by atoms with E-state index in [1.807, 2.05) is 29.2 Å². The van der Waals surface area contributed by atoms with Gasteiger partial charge in [-0.1, -0.05) is 133 Å². The molecule has 3 heterocycles. The Balaban J connectivity index is 1.16. The second-order valence-corrected chi connectivity index (χ2v) is 16.6. The fourth-order valence-corrected chi connectivity index (χ4v) is 11.8. The second-order valence-electron chi connectivity index (χ2n) is 14.4. The highest BCUT2D eigenvalue weighted by Crippen LogP contribution is 2.63. The highest BCUT2D eigenvalue weighted by atomic mass is 32.2. The number of furan rings is 1. The van der Waals surface area contributed by atoms with Crippen molar-refractivity contribution in [1.29, 1.82) is 0 Å². The van der Waals surface area contributed by atoms with E-state index in [0.717, 1.165) is 39.0 Å². The fraction of sp³-hybridized carbons (Fsp3) is 0.0400. The van der Waals surface area contributed by atoms with Gasteiger partial charge in [-0.25, -0.2) is 0 Å². The molecule has 0 amide bonds. The van der Waals surface area contributed by atoms with Gasteiger partial charge in [-0.2, -0.15) is 0 Å². The zero-order valence-corrected chi connectivity index (χ0v) is 31.0. The van der Waals surface area contributed by atoms with Gasteiger partial charge in [0.2, 0.25) is 0 Å². The summed E-state index contributed by atoms with van der Waals surface area (Å²) >= 11 is 3.81. The Kier molecular flexibility index (Phi) is 6.32. The molecule has 0 saturated carbocycles. The summed E-state index contributed by atoms with van der Waals surface area (Å²) < 4.78 is 9.35. The van der Waals surface area contributed by atoms with Crippen LogP contribution in [-0.2, 0) is 5.41 Å². The Bertz CT molecular complexity index is 3140. The summed E-state index contributed by atoms with van der Waals surface area (Å²) in [6.07, 6.45) is 0. The molecule has 10 aromatic rings. The number of hydrogen-bond acceptors (Lipinski definition) is 4. The van der Waals surface area contributed by atoms with Crippen molar-refractivity contribution in [3.05, 3.63) is 198 Å². The summed E-state index contributed by atoms with van der Waals surface area (Å²) in [5.74, 6) is 0. The number of thiophene rings is 1. The molecule has 2 nitrogen and oxygen atoms in total. The van der Waals surface area contributed by atoms with Crippen LogP contribution in [0.2, 0.25) is 0 Å². The summed E-state index contributed by atoms with van der Waals surface area (Å²) in [6.45, 7) is 2.20. The third-order valence-electron chi connectivity index (χ3n) is 11.7. The molecule has 254 valence electrons. The van der Waals surface area contributed by atoms with E-state index in [-0.39, 0.29) is 0 Å². The van der Waals surface area contributed by atoms with Crippen molar-refractivity contribution in [2.75, 3.05) is 4.90 Å². The molecule has 0 fully saturated rings. The molecule has 0 bridgehead atoms. The van der Waals surface area contributed by atoms with E-state index in [4.69, 9.17) is 4.42 Å². The molecule has 2 aliphatic rings. The molecule has 2 aromatic heterocycles. The van der Waals surface area contributed by atoms with Gasteiger partial charge in [-0.05, 0) is 94.4 Å². The molecule has 1 aliphatic carbocycles. The zero-order chi connectivity index (χ0) is 35.5. The lowest BCUT2D eigenvalue weighted by Crippen LogP contribution is -2.32. The SMILES string of the molecule is Cc1ccccc1N(c1ccc2c(c1)Sc1cc3c(cc1C21c2ccccc2-c2ccccc21)sc1ccccc13)c1cccc2c1oc1ccccc12. The van der Waals surface area contributed by atoms with E-state index >= 15 is 0 Å². The molecule has 0 saturated heterocycles. The smallest absolute Gasteiger partial charge is 0.159 e. The normalized spacial score (nSPS) is 13.7.